The van der Waals surface area contributed by atoms with Gasteiger partial charge in [-0.2, -0.15) is 13.2 Å². The minimum atomic E-state index is -4.48. The molecular weight excluding hydrogens is 385 g/mol. The average Bonchev–Trinajstić information content (AvgIpc) is 2.62. The summed E-state index contributed by atoms with van der Waals surface area (Å²) in [6, 6.07) is 8.98. The summed E-state index contributed by atoms with van der Waals surface area (Å²) in [5, 5.41) is -0.163. The van der Waals surface area contributed by atoms with E-state index in [1.807, 2.05) is 0 Å². The van der Waals surface area contributed by atoms with Crippen molar-refractivity contribution in [3.63, 3.8) is 0 Å². The van der Waals surface area contributed by atoms with Gasteiger partial charge in [-0.05, 0) is 49.4 Å². The van der Waals surface area contributed by atoms with E-state index in [2.05, 4.69) is 6.58 Å². The third-order valence-electron chi connectivity index (χ3n) is 3.30. The Morgan fingerprint density at radius 3 is 2.37 bits per heavy atom. The second-order valence-electron chi connectivity index (χ2n) is 5.40. The predicted molar refractivity (Wildman–Crippen MR) is 94.2 cm³/mol. The molecule has 0 aliphatic rings. The first-order chi connectivity index (χ1) is 12.7. The van der Waals surface area contributed by atoms with Crippen LogP contribution >= 0.6 is 11.6 Å². The molecule has 27 heavy (non-hydrogen) atoms. The molecule has 0 radical (unpaired) electrons. The van der Waals surface area contributed by atoms with Gasteiger partial charge in [0.25, 0.3) is 0 Å². The summed E-state index contributed by atoms with van der Waals surface area (Å²) in [6.45, 7) is 5.08. The van der Waals surface area contributed by atoms with Crippen molar-refractivity contribution >= 4 is 17.6 Å². The van der Waals surface area contributed by atoms with E-state index in [1.165, 1.54) is 25.1 Å². The Morgan fingerprint density at radius 1 is 1.19 bits per heavy atom. The number of hydrogen-bond acceptors (Lipinski definition) is 4. The smallest absolute Gasteiger partial charge is 0.416 e. The molecule has 0 spiro atoms. The quantitative estimate of drug-likeness (QED) is 0.445. The lowest BCUT2D eigenvalue weighted by molar-refractivity contribution is -0.149. The van der Waals surface area contributed by atoms with E-state index in [-0.39, 0.29) is 17.4 Å². The van der Waals surface area contributed by atoms with Crippen molar-refractivity contribution in [1.29, 1.82) is 0 Å². The molecule has 0 fully saturated rings. The molecule has 4 nitrogen and oxygen atoms in total. The highest BCUT2D eigenvalue weighted by Crippen LogP contribution is 2.36. The zero-order valence-electron chi connectivity index (χ0n) is 14.3. The van der Waals surface area contributed by atoms with Crippen LogP contribution in [0, 0.1) is 0 Å². The number of alkyl halides is 3. The lowest BCUT2D eigenvalue weighted by atomic mass is 10.2. The Labute approximate surface area is 159 Å². The molecule has 2 aromatic carbocycles. The van der Waals surface area contributed by atoms with Crippen LogP contribution in [0.5, 0.6) is 17.2 Å². The zero-order chi connectivity index (χ0) is 20.0. The maximum absolute atomic E-state index is 12.6. The minimum Gasteiger partial charge on any atom is -0.479 e. The van der Waals surface area contributed by atoms with Crippen molar-refractivity contribution < 1.29 is 32.2 Å². The van der Waals surface area contributed by atoms with Crippen LogP contribution in [0.1, 0.15) is 12.5 Å². The Morgan fingerprint density at radius 2 is 1.81 bits per heavy atom. The van der Waals surface area contributed by atoms with Crippen LogP contribution in [0.2, 0.25) is 5.02 Å². The van der Waals surface area contributed by atoms with E-state index < -0.39 is 23.8 Å². The lowest BCUT2D eigenvalue weighted by Gasteiger charge is -2.14. The molecule has 2 rings (SSSR count). The fraction of sp³-hybridized carbons (Fsp3) is 0.211. The van der Waals surface area contributed by atoms with E-state index in [9.17, 15) is 18.0 Å². The average molecular weight is 401 g/mol. The maximum Gasteiger partial charge on any atom is 0.416 e. The molecule has 0 aliphatic carbocycles. The van der Waals surface area contributed by atoms with Gasteiger partial charge >= 0.3 is 12.1 Å². The number of ether oxygens (including phenoxy) is 3. The van der Waals surface area contributed by atoms with Gasteiger partial charge in [0.05, 0.1) is 10.6 Å². The van der Waals surface area contributed by atoms with Crippen molar-refractivity contribution in [3.8, 4) is 17.2 Å². The highest BCUT2D eigenvalue weighted by Gasteiger charge is 2.31. The van der Waals surface area contributed by atoms with Crippen molar-refractivity contribution in [1.82, 2.24) is 0 Å². The number of halogens is 4. The van der Waals surface area contributed by atoms with Crippen LogP contribution in [0.25, 0.3) is 0 Å². The van der Waals surface area contributed by atoms with Crippen LogP contribution in [-0.2, 0) is 15.7 Å². The van der Waals surface area contributed by atoms with Crippen molar-refractivity contribution in [2.45, 2.75) is 19.2 Å². The Kier molecular flexibility index (Phi) is 6.74. The largest absolute Gasteiger partial charge is 0.479 e. The number of benzene rings is 2. The molecule has 0 saturated carbocycles. The van der Waals surface area contributed by atoms with Crippen LogP contribution in [0.4, 0.5) is 13.2 Å². The summed E-state index contributed by atoms with van der Waals surface area (Å²) in [5.41, 5.74) is -0.860. The second kappa shape index (κ2) is 8.81. The summed E-state index contributed by atoms with van der Waals surface area (Å²) in [7, 11) is 0. The first kappa shape index (κ1) is 20.6. The molecule has 8 heteroatoms. The first-order valence-corrected chi connectivity index (χ1v) is 8.17. The molecular formula is C19H16ClF3O4. The molecule has 144 valence electrons. The van der Waals surface area contributed by atoms with Gasteiger partial charge in [-0.15, -0.1) is 0 Å². The van der Waals surface area contributed by atoms with Gasteiger partial charge in [0, 0.05) is 0 Å². The standard InChI is InChI=1S/C19H16ClF3O4/c1-3-10-25-18(24)12(2)26-14-5-7-15(8-6-14)27-17-9-4-13(11-16(17)20)19(21,22)23/h3-9,11-12H,1,10H2,2H3. The van der Waals surface area contributed by atoms with E-state index in [0.29, 0.717) is 11.5 Å². The normalized spacial score (nSPS) is 12.2. The van der Waals surface area contributed by atoms with Gasteiger partial charge in [0.1, 0.15) is 23.9 Å². The summed E-state index contributed by atoms with van der Waals surface area (Å²) in [5.74, 6) is 0.279. The number of carbonyl (C=O) groups excluding carboxylic acids is 1. The summed E-state index contributed by atoms with van der Waals surface area (Å²) in [4.78, 5) is 11.6. The SMILES string of the molecule is C=CCOC(=O)C(C)Oc1ccc(Oc2ccc(C(F)(F)F)cc2Cl)cc1. The van der Waals surface area contributed by atoms with Crippen LogP contribution < -0.4 is 9.47 Å². The number of rotatable bonds is 7. The fourth-order valence-corrected chi connectivity index (χ4v) is 2.20. The van der Waals surface area contributed by atoms with Crippen LogP contribution in [-0.4, -0.2) is 18.7 Å². The van der Waals surface area contributed by atoms with E-state index in [0.717, 1.165) is 18.2 Å². The third-order valence-corrected chi connectivity index (χ3v) is 3.59. The monoisotopic (exact) mass is 400 g/mol. The fourth-order valence-electron chi connectivity index (χ4n) is 1.98. The van der Waals surface area contributed by atoms with E-state index in [4.69, 9.17) is 25.8 Å². The van der Waals surface area contributed by atoms with Gasteiger partial charge in [-0.1, -0.05) is 24.3 Å². The van der Waals surface area contributed by atoms with Gasteiger partial charge in [-0.3, -0.25) is 0 Å². The Balaban J connectivity index is 2.01. The molecule has 1 unspecified atom stereocenters. The highest BCUT2D eigenvalue weighted by atomic mass is 35.5. The lowest BCUT2D eigenvalue weighted by Crippen LogP contribution is -2.26. The first-order valence-electron chi connectivity index (χ1n) is 7.79. The number of esters is 1. The third kappa shape index (κ3) is 5.92. The van der Waals surface area contributed by atoms with E-state index in [1.54, 1.807) is 12.1 Å². The number of hydrogen-bond donors (Lipinski definition) is 0. The topological polar surface area (TPSA) is 44.8 Å². The molecule has 0 bridgehead atoms. The number of carbonyl (C=O) groups is 1. The van der Waals surface area contributed by atoms with Gasteiger partial charge in [0.15, 0.2) is 6.10 Å². The molecule has 0 saturated heterocycles. The minimum absolute atomic E-state index is 0.0831. The van der Waals surface area contributed by atoms with Crippen molar-refractivity contribution in [3.05, 3.63) is 65.7 Å². The molecule has 0 aliphatic heterocycles. The highest BCUT2D eigenvalue weighted by molar-refractivity contribution is 6.32. The summed E-state index contributed by atoms with van der Waals surface area (Å²) in [6.07, 6.45) is -3.85. The molecule has 2 aromatic rings. The van der Waals surface area contributed by atoms with Gasteiger partial charge in [-0.25, -0.2) is 4.79 Å². The summed E-state index contributed by atoms with van der Waals surface area (Å²) < 4.78 is 53.7. The summed E-state index contributed by atoms with van der Waals surface area (Å²) >= 11 is 5.85. The van der Waals surface area contributed by atoms with Gasteiger partial charge in [0.2, 0.25) is 0 Å². The van der Waals surface area contributed by atoms with Crippen molar-refractivity contribution in [2.24, 2.45) is 0 Å². The zero-order valence-corrected chi connectivity index (χ0v) is 15.0. The maximum atomic E-state index is 12.6. The molecule has 1 atom stereocenters. The van der Waals surface area contributed by atoms with Crippen LogP contribution in [0.3, 0.4) is 0 Å². The molecule has 0 amide bonds. The van der Waals surface area contributed by atoms with E-state index >= 15 is 0 Å². The molecule has 0 aromatic heterocycles. The Bertz CT molecular complexity index is 804. The van der Waals surface area contributed by atoms with Crippen molar-refractivity contribution in [2.75, 3.05) is 6.61 Å². The molecule has 0 N–H and O–H groups in total. The van der Waals surface area contributed by atoms with Gasteiger partial charge < -0.3 is 14.2 Å². The molecule has 0 heterocycles. The second-order valence-corrected chi connectivity index (χ2v) is 5.80. The Hall–Kier alpha value is -2.67. The van der Waals surface area contributed by atoms with Crippen LogP contribution in [0.15, 0.2) is 55.1 Å². The predicted octanol–water partition coefficient (Wildman–Crippen LogP) is 5.65.